The van der Waals surface area contributed by atoms with E-state index in [-0.39, 0.29) is 36.0 Å². The molecule has 2 saturated heterocycles. The minimum Gasteiger partial charge on any atom is -0.396 e. The van der Waals surface area contributed by atoms with E-state index in [9.17, 15) is 5.11 Å². The van der Waals surface area contributed by atoms with E-state index in [0.717, 1.165) is 45.0 Å². The van der Waals surface area contributed by atoms with Gasteiger partial charge in [-0.3, -0.25) is 4.99 Å². The molecule has 3 N–H and O–H groups in total. The van der Waals surface area contributed by atoms with Gasteiger partial charge < -0.3 is 25.4 Å². The Bertz CT molecular complexity index is 376. The van der Waals surface area contributed by atoms with Crippen LogP contribution in [0.15, 0.2) is 4.99 Å². The Morgan fingerprint density at radius 1 is 1.38 bits per heavy atom. The highest BCUT2D eigenvalue weighted by atomic mass is 127. The molecular formula is C17H35IN4O2. The lowest BCUT2D eigenvalue weighted by atomic mass is 9.84. The van der Waals surface area contributed by atoms with Crippen molar-refractivity contribution in [2.45, 2.75) is 33.1 Å². The van der Waals surface area contributed by atoms with Crippen molar-refractivity contribution in [3.63, 3.8) is 0 Å². The monoisotopic (exact) mass is 454 g/mol. The molecule has 0 spiro atoms. The van der Waals surface area contributed by atoms with Gasteiger partial charge in [0.25, 0.3) is 0 Å². The molecule has 142 valence electrons. The molecule has 2 heterocycles. The Kier molecular flexibility index (Phi) is 10.5. The number of rotatable bonds is 8. The van der Waals surface area contributed by atoms with Crippen LogP contribution in [0.4, 0.5) is 0 Å². The first-order valence-corrected chi connectivity index (χ1v) is 9.14. The number of hydrogen-bond donors (Lipinski definition) is 3. The van der Waals surface area contributed by atoms with E-state index >= 15 is 0 Å². The Labute approximate surface area is 163 Å². The summed E-state index contributed by atoms with van der Waals surface area (Å²) in [6.45, 7) is 12.1. The van der Waals surface area contributed by atoms with E-state index in [4.69, 9.17) is 9.73 Å². The zero-order chi connectivity index (χ0) is 16.5. The maximum Gasteiger partial charge on any atom is 0.191 e. The predicted molar refractivity (Wildman–Crippen MR) is 109 cm³/mol. The summed E-state index contributed by atoms with van der Waals surface area (Å²) in [4.78, 5) is 7.28. The first kappa shape index (κ1) is 21.9. The molecule has 0 aromatic heterocycles. The highest BCUT2D eigenvalue weighted by Gasteiger charge is 2.34. The van der Waals surface area contributed by atoms with Gasteiger partial charge >= 0.3 is 0 Å². The molecule has 2 unspecified atom stereocenters. The summed E-state index contributed by atoms with van der Waals surface area (Å²) in [5.74, 6) is 1.60. The molecule has 0 aromatic rings. The number of nitrogens with one attached hydrogen (secondary N) is 2. The fraction of sp³-hybridized carbons (Fsp3) is 0.941. The zero-order valence-corrected chi connectivity index (χ0v) is 17.6. The van der Waals surface area contributed by atoms with Gasteiger partial charge in [-0.05, 0) is 45.2 Å². The van der Waals surface area contributed by atoms with Gasteiger partial charge in [-0.2, -0.15) is 0 Å². The molecule has 24 heavy (non-hydrogen) atoms. The van der Waals surface area contributed by atoms with E-state index < -0.39 is 0 Å². The summed E-state index contributed by atoms with van der Waals surface area (Å²) < 4.78 is 5.54. The average Bonchev–Trinajstić information content (AvgIpc) is 3.20. The second-order valence-corrected chi connectivity index (χ2v) is 6.90. The molecule has 6 nitrogen and oxygen atoms in total. The van der Waals surface area contributed by atoms with Crippen LogP contribution in [0.25, 0.3) is 0 Å². The molecular weight excluding hydrogens is 419 g/mol. The Morgan fingerprint density at radius 2 is 2.21 bits per heavy atom. The largest absolute Gasteiger partial charge is 0.396 e. The first-order chi connectivity index (χ1) is 11.2. The topological polar surface area (TPSA) is 69.1 Å². The first-order valence-electron chi connectivity index (χ1n) is 9.14. The van der Waals surface area contributed by atoms with Crippen LogP contribution in [-0.4, -0.2) is 75.1 Å². The fourth-order valence-electron chi connectivity index (χ4n) is 3.48. The van der Waals surface area contributed by atoms with Gasteiger partial charge in [-0.25, -0.2) is 0 Å². The number of likely N-dealkylation sites (tertiary alicyclic amines) is 1. The van der Waals surface area contributed by atoms with Gasteiger partial charge in [0.05, 0.1) is 13.2 Å². The summed E-state index contributed by atoms with van der Waals surface area (Å²) in [7, 11) is 0. The maximum absolute atomic E-state index is 9.32. The summed E-state index contributed by atoms with van der Waals surface area (Å²) in [6, 6.07) is 0. The Morgan fingerprint density at radius 3 is 2.79 bits per heavy atom. The van der Waals surface area contributed by atoms with Crippen molar-refractivity contribution >= 4 is 29.9 Å². The lowest BCUT2D eigenvalue weighted by Crippen LogP contribution is -2.41. The standard InChI is InChI=1S/C17H34N4O2.HI/c1-3-18-16(19-11-15-5-8-21(4-2)12-15)20-13-17(6-9-22)7-10-23-14-17;/h15,22H,3-14H2,1-2H3,(H2,18,19,20);1H. The van der Waals surface area contributed by atoms with Crippen molar-refractivity contribution in [1.82, 2.24) is 15.5 Å². The molecule has 2 atom stereocenters. The Hall–Kier alpha value is -0.120. The third-order valence-corrected chi connectivity index (χ3v) is 5.12. The van der Waals surface area contributed by atoms with Crippen LogP contribution in [0.5, 0.6) is 0 Å². The molecule has 0 radical (unpaired) electrons. The summed E-state index contributed by atoms with van der Waals surface area (Å²) in [6.07, 6.45) is 3.02. The van der Waals surface area contributed by atoms with Crippen molar-refractivity contribution < 1.29 is 9.84 Å². The third kappa shape index (κ3) is 6.65. The van der Waals surface area contributed by atoms with Crippen molar-refractivity contribution in [1.29, 1.82) is 0 Å². The van der Waals surface area contributed by atoms with Crippen LogP contribution in [0.3, 0.4) is 0 Å². The number of guanidine groups is 1. The van der Waals surface area contributed by atoms with Gasteiger partial charge in [0.2, 0.25) is 0 Å². The summed E-state index contributed by atoms with van der Waals surface area (Å²) >= 11 is 0. The molecule has 2 rings (SSSR count). The third-order valence-electron chi connectivity index (χ3n) is 5.12. The van der Waals surface area contributed by atoms with Gasteiger partial charge in [-0.1, -0.05) is 6.92 Å². The second kappa shape index (κ2) is 11.5. The smallest absolute Gasteiger partial charge is 0.191 e. The number of hydrogen-bond acceptors (Lipinski definition) is 4. The van der Waals surface area contributed by atoms with Crippen LogP contribution in [0.1, 0.15) is 33.1 Å². The van der Waals surface area contributed by atoms with Crippen molar-refractivity contribution in [2.24, 2.45) is 16.3 Å². The molecule has 2 fully saturated rings. The van der Waals surface area contributed by atoms with Crippen molar-refractivity contribution in [3.05, 3.63) is 0 Å². The minimum atomic E-state index is 0. The molecule has 0 aliphatic carbocycles. The van der Waals surface area contributed by atoms with Crippen LogP contribution in [0, 0.1) is 11.3 Å². The molecule has 2 aliphatic rings. The molecule has 0 saturated carbocycles. The van der Waals surface area contributed by atoms with E-state index in [2.05, 4.69) is 29.4 Å². The van der Waals surface area contributed by atoms with Crippen LogP contribution in [-0.2, 0) is 4.74 Å². The highest BCUT2D eigenvalue weighted by molar-refractivity contribution is 14.0. The number of aliphatic hydroxyl groups excluding tert-OH is 1. The zero-order valence-electron chi connectivity index (χ0n) is 15.2. The van der Waals surface area contributed by atoms with Crippen molar-refractivity contribution in [3.8, 4) is 0 Å². The minimum absolute atomic E-state index is 0. The Balaban J connectivity index is 0.00000288. The number of aliphatic imine (C=N–C) groups is 1. The van der Waals surface area contributed by atoms with Crippen LogP contribution < -0.4 is 10.6 Å². The molecule has 0 aromatic carbocycles. The summed E-state index contributed by atoms with van der Waals surface area (Å²) in [5.41, 5.74) is 0.0173. The number of nitrogens with zero attached hydrogens (tertiary/aromatic N) is 2. The van der Waals surface area contributed by atoms with Gasteiger partial charge in [0.15, 0.2) is 5.96 Å². The van der Waals surface area contributed by atoms with E-state index in [1.54, 1.807) is 0 Å². The second-order valence-electron chi connectivity index (χ2n) is 6.90. The number of ether oxygens (including phenoxy) is 1. The predicted octanol–water partition coefficient (Wildman–Crippen LogP) is 1.29. The maximum atomic E-state index is 9.32. The van der Waals surface area contributed by atoms with Crippen molar-refractivity contribution in [2.75, 3.05) is 59.1 Å². The van der Waals surface area contributed by atoms with Gasteiger partial charge in [0, 0.05) is 38.3 Å². The summed E-state index contributed by atoms with van der Waals surface area (Å²) in [5, 5.41) is 16.2. The normalized spacial score (nSPS) is 28.0. The van der Waals surface area contributed by atoms with Gasteiger partial charge in [-0.15, -0.1) is 24.0 Å². The van der Waals surface area contributed by atoms with Crippen LogP contribution in [0.2, 0.25) is 0 Å². The van der Waals surface area contributed by atoms with Crippen LogP contribution >= 0.6 is 24.0 Å². The van der Waals surface area contributed by atoms with E-state index in [1.165, 1.54) is 19.5 Å². The molecule has 0 amide bonds. The fourth-order valence-corrected chi connectivity index (χ4v) is 3.48. The molecule has 0 bridgehead atoms. The molecule has 7 heteroatoms. The lowest BCUT2D eigenvalue weighted by Gasteiger charge is -2.25. The number of aliphatic hydroxyl groups is 1. The van der Waals surface area contributed by atoms with E-state index in [0.29, 0.717) is 19.1 Å². The quantitative estimate of drug-likeness (QED) is 0.293. The SMILES string of the molecule is CCNC(=NCC1(CCO)CCOC1)NCC1CCN(CC)C1.I. The molecule has 2 aliphatic heterocycles. The number of halogens is 1. The lowest BCUT2D eigenvalue weighted by molar-refractivity contribution is 0.131. The van der Waals surface area contributed by atoms with Gasteiger partial charge in [0.1, 0.15) is 0 Å². The average molecular weight is 454 g/mol. The van der Waals surface area contributed by atoms with E-state index in [1.807, 2.05) is 0 Å². The highest BCUT2D eigenvalue weighted by Crippen LogP contribution is 2.32.